The van der Waals surface area contributed by atoms with Crippen LogP contribution in [0.25, 0.3) is 0 Å². The molecule has 0 spiro atoms. The summed E-state index contributed by atoms with van der Waals surface area (Å²) >= 11 is 0. The fourth-order valence-electron chi connectivity index (χ4n) is 3.66. The monoisotopic (exact) mass is 374 g/mol. The van der Waals surface area contributed by atoms with Gasteiger partial charge in [0.05, 0.1) is 32.8 Å². The highest BCUT2D eigenvalue weighted by atomic mass is 19.1. The molecule has 6 heteroatoms. The molecule has 1 aromatic carbocycles. The summed E-state index contributed by atoms with van der Waals surface area (Å²) in [5, 5.41) is 3.05. The van der Waals surface area contributed by atoms with E-state index >= 15 is 0 Å². The van der Waals surface area contributed by atoms with Gasteiger partial charge in [-0.3, -0.25) is 4.79 Å². The van der Waals surface area contributed by atoms with Crippen molar-refractivity contribution in [3.05, 3.63) is 58.2 Å². The number of aromatic nitrogens is 1. The fourth-order valence-corrected chi connectivity index (χ4v) is 3.66. The molecule has 2 heterocycles. The van der Waals surface area contributed by atoms with Crippen molar-refractivity contribution in [1.29, 1.82) is 0 Å². The molecule has 3 rings (SSSR count). The van der Waals surface area contributed by atoms with Gasteiger partial charge in [-0.15, -0.1) is 0 Å². The molecule has 0 unspecified atom stereocenters. The average Bonchev–Trinajstić information content (AvgIpc) is 2.88. The highest BCUT2D eigenvalue weighted by molar-refractivity contribution is 5.95. The summed E-state index contributed by atoms with van der Waals surface area (Å²) < 4.78 is 21.4. The number of rotatable bonds is 6. The van der Waals surface area contributed by atoms with E-state index in [1.807, 2.05) is 31.4 Å². The molecule has 0 radical (unpaired) electrons. The SMILES string of the molecule is Cc1c(C)c(C(=O)NCC[NH+]2CCOCC2)n(Cc2ccccc2F)c1C. The number of nitrogens with one attached hydrogen (secondary N) is 2. The van der Waals surface area contributed by atoms with Crippen LogP contribution >= 0.6 is 0 Å². The molecule has 1 saturated heterocycles. The summed E-state index contributed by atoms with van der Waals surface area (Å²) in [5.41, 5.74) is 4.25. The van der Waals surface area contributed by atoms with Crippen LogP contribution in [0.4, 0.5) is 4.39 Å². The number of benzene rings is 1. The van der Waals surface area contributed by atoms with Crippen LogP contribution in [-0.4, -0.2) is 49.9 Å². The van der Waals surface area contributed by atoms with Crippen LogP contribution in [0.2, 0.25) is 0 Å². The van der Waals surface area contributed by atoms with Crippen LogP contribution in [0.5, 0.6) is 0 Å². The molecular formula is C21H29FN3O2+. The summed E-state index contributed by atoms with van der Waals surface area (Å²) in [5.74, 6) is -0.337. The maximum atomic E-state index is 14.1. The van der Waals surface area contributed by atoms with E-state index in [0.29, 0.717) is 24.3 Å². The number of hydrogen-bond acceptors (Lipinski definition) is 2. The topological polar surface area (TPSA) is 47.7 Å². The van der Waals surface area contributed by atoms with Crippen LogP contribution in [0.1, 0.15) is 32.9 Å². The summed E-state index contributed by atoms with van der Waals surface area (Å²) in [6.07, 6.45) is 0. The zero-order valence-corrected chi connectivity index (χ0v) is 16.4. The first kappa shape index (κ1) is 19.6. The van der Waals surface area contributed by atoms with E-state index in [1.165, 1.54) is 11.0 Å². The summed E-state index contributed by atoms with van der Waals surface area (Å²) in [7, 11) is 0. The van der Waals surface area contributed by atoms with Gasteiger partial charge in [0.15, 0.2) is 0 Å². The summed E-state index contributed by atoms with van der Waals surface area (Å²) in [4.78, 5) is 14.4. The highest BCUT2D eigenvalue weighted by Gasteiger charge is 2.22. The first-order valence-electron chi connectivity index (χ1n) is 9.58. The molecule has 1 aromatic heterocycles. The third kappa shape index (κ3) is 4.39. The first-order chi connectivity index (χ1) is 13.0. The Morgan fingerprint density at radius 3 is 2.59 bits per heavy atom. The normalized spacial score (nSPS) is 15.1. The number of ether oxygens (including phenoxy) is 1. The average molecular weight is 374 g/mol. The van der Waals surface area contributed by atoms with Gasteiger partial charge in [-0.1, -0.05) is 18.2 Å². The number of quaternary nitrogens is 1. The largest absolute Gasteiger partial charge is 0.370 e. The van der Waals surface area contributed by atoms with Crippen molar-refractivity contribution < 1.29 is 18.8 Å². The number of carbonyl (C=O) groups is 1. The molecule has 2 aromatic rings. The third-order valence-corrected chi connectivity index (χ3v) is 5.60. The van der Waals surface area contributed by atoms with Gasteiger partial charge in [0.2, 0.25) is 0 Å². The van der Waals surface area contributed by atoms with Crippen molar-refractivity contribution in [3.63, 3.8) is 0 Å². The molecule has 27 heavy (non-hydrogen) atoms. The molecule has 0 atom stereocenters. The van der Waals surface area contributed by atoms with Crippen LogP contribution in [0.3, 0.4) is 0 Å². The molecule has 0 bridgehead atoms. The minimum atomic E-state index is -0.247. The lowest BCUT2D eigenvalue weighted by molar-refractivity contribution is -0.906. The number of nitrogens with zero attached hydrogens (tertiary/aromatic N) is 1. The Labute approximate surface area is 160 Å². The van der Waals surface area contributed by atoms with Gasteiger partial charge in [-0.25, -0.2) is 4.39 Å². The van der Waals surface area contributed by atoms with Crippen LogP contribution in [0, 0.1) is 26.6 Å². The predicted octanol–water partition coefficient (Wildman–Crippen LogP) is 1.25. The van der Waals surface area contributed by atoms with Crippen molar-refractivity contribution in [2.45, 2.75) is 27.3 Å². The van der Waals surface area contributed by atoms with Gasteiger partial charge < -0.3 is 19.5 Å². The Bertz CT molecular complexity index is 810. The Morgan fingerprint density at radius 2 is 1.89 bits per heavy atom. The standard InChI is InChI=1S/C21H28FN3O2/c1-15-16(2)20(21(26)23-8-9-24-10-12-27-13-11-24)25(17(15)3)14-18-6-4-5-7-19(18)22/h4-7H,8-14H2,1-3H3,(H,23,26)/p+1. The molecule has 1 fully saturated rings. The highest BCUT2D eigenvalue weighted by Crippen LogP contribution is 2.23. The van der Waals surface area contributed by atoms with Crippen molar-refractivity contribution in [3.8, 4) is 0 Å². The van der Waals surface area contributed by atoms with Gasteiger partial charge in [-0.2, -0.15) is 0 Å². The van der Waals surface area contributed by atoms with Gasteiger partial charge in [0.1, 0.15) is 24.6 Å². The number of morpholine rings is 1. The van der Waals surface area contributed by atoms with Gasteiger partial charge in [0.25, 0.3) is 5.91 Å². The first-order valence-corrected chi connectivity index (χ1v) is 9.58. The van der Waals surface area contributed by atoms with Crippen molar-refractivity contribution in [2.24, 2.45) is 0 Å². The molecule has 5 nitrogen and oxygen atoms in total. The molecular weight excluding hydrogens is 345 g/mol. The van der Waals surface area contributed by atoms with Crippen LogP contribution in [0.15, 0.2) is 24.3 Å². The van der Waals surface area contributed by atoms with E-state index in [0.717, 1.165) is 49.7 Å². The van der Waals surface area contributed by atoms with Gasteiger partial charge >= 0.3 is 0 Å². The number of carbonyl (C=O) groups excluding carboxylic acids is 1. The molecule has 1 aliphatic heterocycles. The van der Waals surface area contributed by atoms with Crippen LogP contribution < -0.4 is 10.2 Å². The molecule has 1 amide bonds. The maximum Gasteiger partial charge on any atom is 0.268 e. The van der Waals surface area contributed by atoms with Crippen molar-refractivity contribution >= 4 is 5.91 Å². The lowest BCUT2D eigenvalue weighted by Crippen LogP contribution is -3.14. The lowest BCUT2D eigenvalue weighted by atomic mass is 10.1. The summed E-state index contributed by atoms with van der Waals surface area (Å²) in [6.45, 7) is 11.4. The van der Waals surface area contributed by atoms with Crippen LogP contribution in [-0.2, 0) is 11.3 Å². The Hall–Kier alpha value is -2.18. The molecule has 0 saturated carbocycles. The van der Waals surface area contributed by atoms with E-state index < -0.39 is 0 Å². The Balaban J connectivity index is 1.74. The Morgan fingerprint density at radius 1 is 1.19 bits per heavy atom. The zero-order chi connectivity index (χ0) is 19.4. The van der Waals surface area contributed by atoms with E-state index in [9.17, 15) is 9.18 Å². The smallest absolute Gasteiger partial charge is 0.268 e. The fraction of sp³-hybridized carbons (Fsp3) is 0.476. The molecule has 2 N–H and O–H groups in total. The van der Waals surface area contributed by atoms with Gasteiger partial charge in [0, 0.05) is 11.3 Å². The third-order valence-electron chi connectivity index (χ3n) is 5.60. The number of amides is 1. The maximum absolute atomic E-state index is 14.1. The Kier molecular flexibility index (Phi) is 6.29. The van der Waals surface area contributed by atoms with Crippen molar-refractivity contribution in [2.75, 3.05) is 39.4 Å². The van der Waals surface area contributed by atoms with Crippen molar-refractivity contribution in [1.82, 2.24) is 9.88 Å². The van der Waals surface area contributed by atoms with Gasteiger partial charge in [-0.05, 0) is 38.0 Å². The van der Waals surface area contributed by atoms with E-state index in [2.05, 4.69) is 5.32 Å². The number of hydrogen-bond donors (Lipinski definition) is 2. The van der Waals surface area contributed by atoms with E-state index in [-0.39, 0.29) is 11.7 Å². The number of halogens is 1. The zero-order valence-electron chi connectivity index (χ0n) is 16.4. The molecule has 1 aliphatic rings. The second-order valence-electron chi connectivity index (χ2n) is 7.23. The minimum Gasteiger partial charge on any atom is -0.370 e. The molecule has 146 valence electrons. The summed E-state index contributed by atoms with van der Waals surface area (Å²) in [6, 6.07) is 6.73. The quantitative estimate of drug-likeness (QED) is 0.799. The second kappa shape index (κ2) is 8.67. The molecule has 0 aliphatic carbocycles. The minimum absolute atomic E-state index is 0.0901. The predicted molar refractivity (Wildman–Crippen MR) is 103 cm³/mol. The lowest BCUT2D eigenvalue weighted by Gasteiger charge is -2.23. The second-order valence-corrected chi connectivity index (χ2v) is 7.23. The van der Waals surface area contributed by atoms with E-state index in [1.54, 1.807) is 12.1 Å². The van der Waals surface area contributed by atoms with E-state index in [4.69, 9.17) is 4.74 Å².